The highest BCUT2D eigenvalue weighted by atomic mass is 16.5. The van der Waals surface area contributed by atoms with E-state index in [1.165, 1.54) is 0 Å². The van der Waals surface area contributed by atoms with E-state index >= 15 is 0 Å². The maximum Gasteiger partial charge on any atom is 0.267 e. The summed E-state index contributed by atoms with van der Waals surface area (Å²) >= 11 is 0. The van der Waals surface area contributed by atoms with Gasteiger partial charge >= 0.3 is 0 Å². The first-order valence-corrected chi connectivity index (χ1v) is 8.25. The molecule has 3 rings (SSSR count). The molecule has 0 fully saturated rings. The topological polar surface area (TPSA) is 57.4 Å². The van der Waals surface area contributed by atoms with Crippen molar-refractivity contribution >= 4 is 16.8 Å². The van der Waals surface area contributed by atoms with Gasteiger partial charge in [-0.05, 0) is 43.9 Å². The molecule has 5 heteroatoms. The van der Waals surface area contributed by atoms with Crippen molar-refractivity contribution in [1.82, 2.24) is 15.2 Å². The number of hydrogen-bond acceptors (Lipinski definition) is 3. The second-order valence-electron chi connectivity index (χ2n) is 6.23. The second kappa shape index (κ2) is 7.40. The summed E-state index contributed by atoms with van der Waals surface area (Å²) in [6.45, 7) is 0.521. The van der Waals surface area contributed by atoms with Gasteiger partial charge in [0.25, 0.3) is 5.91 Å². The van der Waals surface area contributed by atoms with Crippen LogP contribution in [0.4, 0.5) is 0 Å². The number of aromatic nitrogens is 1. The zero-order valence-electron chi connectivity index (χ0n) is 14.7. The van der Waals surface area contributed by atoms with Crippen LogP contribution >= 0.6 is 0 Å². The molecule has 0 radical (unpaired) electrons. The lowest BCUT2D eigenvalue weighted by atomic mass is 10.1. The Bertz CT molecular complexity index is 820. The number of likely N-dealkylation sites (N-methyl/N-ethyl adjacent to an activating group) is 1. The number of ether oxygens (including phenoxy) is 1. The van der Waals surface area contributed by atoms with Crippen LogP contribution in [0.2, 0.25) is 0 Å². The number of amides is 1. The zero-order valence-corrected chi connectivity index (χ0v) is 14.7. The third kappa shape index (κ3) is 3.83. The molecule has 0 spiro atoms. The summed E-state index contributed by atoms with van der Waals surface area (Å²) in [4.78, 5) is 17.7. The highest BCUT2D eigenvalue weighted by Crippen LogP contribution is 2.21. The van der Waals surface area contributed by atoms with Crippen molar-refractivity contribution in [2.75, 3.05) is 27.7 Å². The summed E-state index contributed by atoms with van der Waals surface area (Å²) in [5.74, 6) is 0.722. The maximum atomic E-state index is 12.5. The summed E-state index contributed by atoms with van der Waals surface area (Å²) in [7, 11) is 5.66. The first kappa shape index (κ1) is 17.0. The molecule has 25 heavy (non-hydrogen) atoms. The van der Waals surface area contributed by atoms with Crippen LogP contribution in [0.15, 0.2) is 54.6 Å². The Morgan fingerprint density at radius 1 is 1.16 bits per heavy atom. The van der Waals surface area contributed by atoms with Crippen molar-refractivity contribution in [2.24, 2.45) is 0 Å². The Morgan fingerprint density at radius 2 is 1.88 bits per heavy atom. The number of nitrogens with zero attached hydrogens (tertiary/aromatic N) is 1. The standard InChI is InChI=1S/C20H23N3O2/c1-23(2)19(14-8-10-16(25-3)11-9-14)13-21-20(24)18-12-15-6-4-5-7-17(15)22-18/h4-12,19,22H,13H2,1-3H3,(H,21,24)/t19-/m0/s1. The number of H-pyrrole nitrogens is 1. The minimum atomic E-state index is -0.100. The molecule has 1 aromatic heterocycles. The van der Waals surface area contributed by atoms with E-state index < -0.39 is 0 Å². The predicted octanol–water partition coefficient (Wildman–Crippen LogP) is 3.21. The molecule has 2 aromatic carbocycles. The molecule has 0 saturated carbocycles. The Balaban J connectivity index is 1.71. The van der Waals surface area contributed by atoms with Crippen molar-refractivity contribution in [2.45, 2.75) is 6.04 Å². The average Bonchev–Trinajstić information content (AvgIpc) is 3.06. The van der Waals surface area contributed by atoms with Crippen molar-refractivity contribution in [3.63, 3.8) is 0 Å². The monoisotopic (exact) mass is 337 g/mol. The van der Waals surface area contributed by atoms with Gasteiger partial charge in [0.1, 0.15) is 11.4 Å². The lowest BCUT2D eigenvalue weighted by Gasteiger charge is -2.25. The first-order chi connectivity index (χ1) is 12.1. The summed E-state index contributed by atoms with van der Waals surface area (Å²) < 4.78 is 5.21. The fraction of sp³-hybridized carbons (Fsp3) is 0.250. The van der Waals surface area contributed by atoms with E-state index in [9.17, 15) is 4.79 Å². The molecule has 2 N–H and O–H groups in total. The van der Waals surface area contributed by atoms with Crippen LogP contribution in [-0.2, 0) is 0 Å². The van der Waals surface area contributed by atoms with Crippen molar-refractivity contribution in [3.8, 4) is 5.75 Å². The molecule has 3 aromatic rings. The van der Waals surface area contributed by atoms with E-state index in [0.717, 1.165) is 22.2 Å². The number of hydrogen-bond donors (Lipinski definition) is 2. The highest BCUT2D eigenvalue weighted by molar-refractivity contribution is 5.97. The lowest BCUT2D eigenvalue weighted by Crippen LogP contribution is -2.34. The van der Waals surface area contributed by atoms with Gasteiger partial charge in [-0.2, -0.15) is 0 Å². The number of fused-ring (bicyclic) bond motifs is 1. The molecule has 0 saturated heterocycles. The predicted molar refractivity (Wildman–Crippen MR) is 100 cm³/mol. The number of methoxy groups -OCH3 is 1. The van der Waals surface area contributed by atoms with Gasteiger partial charge in [0.15, 0.2) is 0 Å². The third-order valence-corrected chi connectivity index (χ3v) is 4.35. The molecule has 0 aliphatic carbocycles. The van der Waals surface area contributed by atoms with E-state index in [-0.39, 0.29) is 11.9 Å². The molecule has 1 heterocycles. The molecule has 130 valence electrons. The van der Waals surface area contributed by atoms with Gasteiger partial charge in [0, 0.05) is 17.4 Å². The Hall–Kier alpha value is -2.79. The van der Waals surface area contributed by atoms with Crippen molar-refractivity contribution in [3.05, 3.63) is 65.9 Å². The number of benzene rings is 2. The largest absolute Gasteiger partial charge is 0.497 e. The van der Waals surface area contributed by atoms with Crippen LogP contribution < -0.4 is 10.1 Å². The molecule has 1 amide bonds. The molecule has 1 atom stereocenters. The van der Waals surface area contributed by atoms with Crippen LogP contribution in [0.5, 0.6) is 5.75 Å². The normalized spacial score (nSPS) is 12.3. The number of carbonyl (C=O) groups is 1. The summed E-state index contributed by atoms with van der Waals surface area (Å²) in [6, 6.07) is 17.8. The van der Waals surface area contributed by atoms with Gasteiger partial charge in [-0.15, -0.1) is 0 Å². The molecule has 0 bridgehead atoms. The van der Waals surface area contributed by atoms with E-state index in [2.05, 4.69) is 15.2 Å². The van der Waals surface area contributed by atoms with Crippen molar-refractivity contribution < 1.29 is 9.53 Å². The van der Waals surface area contributed by atoms with Gasteiger partial charge < -0.3 is 19.9 Å². The number of rotatable bonds is 6. The molecule has 0 aliphatic rings. The molecule has 5 nitrogen and oxygen atoms in total. The van der Waals surface area contributed by atoms with Crippen LogP contribution in [-0.4, -0.2) is 43.5 Å². The summed E-state index contributed by atoms with van der Waals surface area (Å²) in [5, 5.41) is 4.06. The lowest BCUT2D eigenvalue weighted by molar-refractivity contribution is 0.0937. The Kier molecular flexibility index (Phi) is 5.05. The summed E-state index contributed by atoms with van der Waals surface area (Å²) in [5.41, 5.74) is 2.67. The SMILES string of the molecule is COc1ccc([C@H](CNC(=O)c2cc3ccccc3[nH]2)N(C)C)cc1. The molecule has 0 aliphatic heterocycles. The minimum absolute atomic E-state index is 0.0826. The minimum Gasteiger partial charge on any atom is -0.497 e. The molecular weight excluding hydrogens is 314 g/mol. The first-order valence-electron chi connectivity index (χ1n) is 8.25. The molecule has 0 unspecified atom stereocenters. The van der Waals surface area contributed by atoms with Gasteiger partial charge in [-0.3, -0.25) is 4.79 Å². The third-order valence-electron chi connectivity index (χ3n) is 4.35. The summed E-state index contributed by atoms with van der Waals surface area (Å²) in [6.07, 6.45) is 0. The van der Waals surface area contributed by atoms with Gasteiger partial charge in [-0.25, -0.2) is 0 Å². The average molecular weight is 337 g/mol. The number of aromatic amines is 1. The fourth-order valence-corrected chi connectivity index (χ4v) is 2.90. The van der Waals surface area contributed by atoms with Crippen LogP contribution in [0.25, 0.3) is 10.9 Å². The van der Waals surface area contributed by atoms with E-state index in [1.54, 1.807) is 7.11 Å². The number of nitrogens with one attached hydrogen (secondary N) is 2. The fourth-order valence-electron chi connectivity index (χ4n) is 2.90. The number of para-hydroxylation sites is 1. The Morgan fingerprint density at radius 3 is 2.52 bits per heavy atom. The highest BCUT2D eigenvalue weighted by Gasteiger charge is 2.17. The zero-order chi connectivity index (χ0) is 17.8. The molecular formula is C20H23N3O2. The smallest absolute Gasteiger partial charge is 0.267 e. The van der Waals surface area contributed by atoms with Crippen LogP contribution in [0, 0.1) is 0 Å². The second-order valence-corrected chi connectivity index (χ2v) is 6.23. The van der Waals surface area contributed by atoms with Gasteiger partial charge in [-0.1, -0.05) is 30.3 Å². The van der Waals surface area contributed by atoms with Gasteiger partial charge in [0.05, 0.1) is 13.2 Å². The number of carbonyl (C=O) groups excluding carboxylic acids is 1. The van der Waals surface area contributed by atoms with Crippen LogP contribution in [0.1, 0.15) is 22.1 Å². The Labute approximate surface area is 147 Å². The van der Waals surface area contributed by atoms with E-state index in [1.807, 2.05) is 68.7 Å². The van der Waals surface area contributed by atoms with Crippen LogP contribution in [0.3, 0.4) is 0 Å². The quantitative estimate of drug-likeness (QED) is 0.726. The van der Waals surface area contributed by atoms with Crippen molar-refractivity contribution in [1.29, 1.82) is 0 Å². The van der Waals surface area contributed by atoms with E-state index in [0.29, 0.717) is 12.2 Å². The maximum absolute atomic E-state index is 12.5. The van der Waals surface area contributed by atoms with E-state index in [4.69, 9.17) is 4.74 Å². The van der Waals surface area contributed by atoms with Gasteiger partial charge in [0.2, 0.25) is 0 Å².